The molecule has 0 saturated heterocycles. The first-order chi connectivity index (χ1) is 7.04. The van der Waals surface area contributed by atoms with Crippen LogP contribution < -0.4 is 4.74 Å². The van der Waals surface area contributed by atoms with Crippen LogP contribution in [0, 0.1) is 0 Å². The number of aliphatic carboxylic acids is 1. The van der Waals surface area contributed by atoms with E-state index in [-0.39, 0.29) is 6.42 Å². The lowest BCUT2D eigenvalue weighted by molar-refractivity contribution is -0.148. The number of benzene rings is 1. The number of halogens is 1. The summed E-state index contributed by atoms with van der Waals surface area (Å²) in [4.78, 5) is 21.4. The number of carboxylic acids is 1. The van der Waals surface area contributed by atoms with Gasteiger partial charge >= 0.3 is 5.97 Å². The Bertz CT molecular complexity index is 400. The lowest BCUT2D eigenvalue weighted by Gasteiger charge is -2.06. The summed E-state index contributed by atoms with van der Waals surface area (Å²) in [7, 11) is 1.47. The van der Waals surface area contributed by atoms with E-state index in [9.17, 15) is 9.59 Å². The largest absolute Gasteiger partial charge is 0.496 e. The maximum absolute atomic E-state index is 11.0. The summed E-state index contributed by atoms with van der Waals surface area (Å²) in [5.41, 5.74) is 0.563. The van der Waals surface area contributed by atoms with Gasteiger partial charge in [0.2, 0.25) is 5.78 Å². The highest BCUT2D eigenvalue weighted by molar-refractivity contribution is 9.10. The lowest BCUT2D eigenvalue weighted by atomic mass is 10.1. The SMILES string of the molecule is COc1cc(Br)ccc1CC(=O)C(=O)O. The third-order valence-electron chi connectivity index (χ3n) is 1.84. The Morgan fingerprint density at radius 1 is 1.47 bits per heavy atom. The van der Waals surface area contributed by atoms with Crippen LogP contribution in [0.2, 0.25) is 0 Å². The molecule has 0 spiro atoms. The molecule has 0 heterocycles. The highest BCUT2D eigenvalue weighted by Crippen LogP contribution is 2.23. The number of carbonyl (C=O) groups excluding carboxylic acids is 1. The summed E-state index contributed by atoms with van der Waals surface area (Å²) in [6.07, 6.45) is -0.161. The topological polar surface area (TPSA) is 63.6 Å². The van der Waals surface area contributed by atoms with Crippen LogP contribution in [0.3, 0.4) is 0 Å². The molecule has 5 heteroatoms. The molecule has 0 saturated carbocycles. The summed E-state index contributed by atoms with van der Waals surface area (Å²) in [5, 5.41) is 8.46. The van der Waals surface area contributed by atoms with Gasteiger partial charge in [0.1, 0.15) is 5.75 Å². The first-order valence-corrected chi connectivity index (χ1v) is 4.92. The minimum absolute atomic E-state index is 0.161. The van der Waals surface area contributed by atoms with Crippen molar-refractivity contribution in [2.45, 2.75) is 6.42 Å². The molecule has 0 amide bonds. The van der Waals surface area contributed by atoms with E-state index in [2.05, 4.69) is 15.9 Å². The number of rotatable bonds is 4. The number of ketones is 1. The summed E-state index contributed by atoms with van der Waals surface area (Å²) >= 11 is 3.25. The minimum atomic E-state index is -1.43. The smallest absolute Gasteiger partial charge is 0.372 e. The Labute approximate surface area is 95.0 Å². The number of methoxy groups -OCH3 is 1. The standard InChI is InChI=1S/C10H9BrO4/c1-15-9-5-7(11)3-2-6(9)4-8(12)10(13)14/h2-3,5H,4H2,1H3,(H,13,14). The molecule has 80 valence electrons. The summed E-state index contributed by atoms with van der Waals surface area (Å²) in [6, 6.07) is 5.07. The second-order valence-electron chi connectivity index (χ2n) is 2.86. The zero-order chi connectivity index (χ0) is 11.4. The van der Waals surface area contributed by atoms with Crippen LogP contribution in [0.15, 0.2) is 22.7 Å². The Morgan fingerprint density at radius 3 is 2.67 bits per heavy atom. The van der Waals surface area contributed by atoms with Crippen molar-refractivity contribution in [3.8, 4) is 5.75 Å². The van der Waals surface area contributed by atoms with E-state index in [0.29, 0.717) is 11.3 Å². The van der Waals surface area contributed by atoms with E-state index in [4.69, 9.17) is 9.84 Å². The number of hydrogen-bond donors (Lipinski definition) is 1. The van der Waals surface area contributed by atoms with Crippen molar-refractivity contribution in [1.29, 1.82) is 0 Å². The molecule has 4 nitrogen and oxygen atoms in total. The molecular formula is C10H9BrO4. The van der Waals surface area contributed by atoms with E-state index in [1.807, 2.05) is 0 Å². The highest BCUT2D eigenvalue weighted by atomic mass is 79.9. The van der Waals surface area contributed by atoms with Gasteiger partial charge in [-0.15, -0.1) is 0 Å². The molecule has 1 N–H and O–H groups in total. The van der Waals surface area contributed by atoms with E-state index < -0.39 is 11.8 Å². The zero-order valence-corrected chi connectivity index (χ0v) is 9.58. The molecule has 0 aliphatic heterocycles. The Morgan fingerprint density at radius 2 is 2.13 bits per heavy atom. The lowest BCUT2D eigenvalue weighted by Crippen LogP contribution is -2.15. The normalized spacial score (nSPS) is 9.73. The second kappa shape index (κ2) is 4.93. The Kier molecular flexibility index (Phi) is 3.85. The molecule has 0 aliphatic rings. The first kappa shape index (κ1) is 11.7. The van der Waals surface area contributed by atoms with Crippen molar-refractivity contribution in [2.75, 3.05) is 7.11 Å². The molecule has 0 radical (unpaired) electrons. The Hall–Kier alpha value is -1.36. The fourth-order valence-electron chi connectivity index (χ4n) is 1.11. The van der Waals surface area contributed by atoms with Gasteiger partial charge in [-0.25, -0.2) is 4.79 Å². The minimum Gasteiger partial charge on any atom is -0.496 e. The number of carbonyl (C=O) groups is 2. The van der Waals surface area contributed by atoms with Crippen molar-refractivity contribution in [3.63, 3.8) is 0 Å². The number of carboxylic acid groups (broad SMARTS) is 1. The van der Waals surface area contributed by atoms with Crippen molar-refractivity contribution < 1.29 is 19.4 Å². The quantitative estimate of drug-likeness (QED) is 0.847. The van der Waals surface area contributed by atoms with Crippen LogP contribution in [-0.2, 0) is 16.0 Å². The molecule has 0 aromatic heterocycles. The van der Waals surface area contributed by atoms with Crippen LogP contribution in [0.25, 0.3) is 0 Å². The van der Waals surface area contributed by atoms with Crippen molar-refractivity contribution in [2.24, 2.45) is 0 Å². The van der Waals surface area contributed by atoms with Gasteiger partial charge in [-0.1, -0.05) is 22.0 Å². The first-order valence-electron chi connectivity index (χ1n) is 4.13. The second-order valence-corrected chi connectivity index (χ2v) is 3.78. The number of ether oxygens (including phenoxy) is 1. The van der Waals surface area contributed by atoms with Gasteiger partial charge in [-0.05, 0) is 12.1 Å². The molecule has 0 fully saturated rings. The summed E-state index contributed by atoms with van der Waals surface area (Å²) < 4.78 is 5.84. The van der Waals surface area contributed by atoms with E-state index in [0.717, 1.165) is 4.47 Å². The molecule has 1 aromatic rings. The molecular weight excluding hydrogens is 264 g/mol. The number of hydrogen-bond acceptors (Lipinski definition) is 3. The molecule has 0 unspecified atom stereocenters. The van der Waals surface area contributed by atoms with Gasteiger partial charge in [0, 0.05) is 16.5 Å². The van der Waals surface area contributed by atoms with Gasteiger partial charge < -0.3 is 9.84 Å². The molecule has 0 bridgehead atoms. The zero-order valence-electron chi connectivity index (χ0n) is 7.99. The number of Topliss-reactive ketones (excluding diaryl/α,β-unsaturated/α-hetero) is 1. The predicted molar refractivity (Wildman–Crippen MR) is 57.0 cm³/mol. The van der Waals surface area contributed by atoms with Crippen LogP contribution in [0.5, 0.6) is 5.75 Å². The fraction of sp³-hybridized carbons (Fsp3) is 0.200. The van der Waals surface area contributed by atoms with E-state index in [1.54, 1.807) is 18.2 Å². The van der Waals surface area contributed by atoms with Gasteiger partial charge in [-0.2, -0.15) is 0 Å². The van der Waals surface area contributed by atoms with Crippen molar-refractivity contribution in [3.05, 3.63) is 28.2 Å². The molecule has 0 atom stereocenters. The van der Waals surface area contributed by atoms with Gasteiger partial charge in [0.25, 0.3) is 0 Å². The molecule has 1 aromatic carbocycles. The molecule has 15 heavy (non-hydrogen) atoms. The summed E-state index contributed by atoms with van der Waals surface area (Å²) in [5.74, 6) is -1.78. The maximum Gasteiger partial charge on any atom is 0.372 e. The van der Waals surface area contributed by atoms with Gasteiger partial charge in [-0.3, -0.25) is 4.79 Å². The van der Waals surface area contributed by atoms with E-state index >= 15 is 0 Å². The Balaban J connectivity index is 2.94. The maximum atomic E-state index is 11.0. The van der Waals surface area contributed by atoms with Crippen molar-refractivity contribution in [1.82, 2.24) is 0 Å². The molecule has 0 aliphatic carbocycles. The van der Waals surface area contributed by atoms with Crippen LogP contribution in [0.4, 0.5) is 0 Å². The average Bonchev–Trinajstić information content (AvgIpc) is 2.20. The van der Waals surface area contributed by atoms with Crippen LogP contribution >= 0.6 is 15.9 Å². The van der Waals surface area contributed by atoms with Gasteiger partial charge in [0.15, 0.2) is 0 Å². The third-order valence-corrected chi connectivity index (χ3v) is 2.33. The summed E-state index contributed by atoms with van der Waals surface area (Å²) in [6.45, 7) is 0. The monoisotopic (exact) mass is 272 g/mol. The van der Waals surface area contributed by atoms with Crippen molar-refractivity contribution >= 4 is 27.7 Å². The predicted octanol–water partition coefficient (Wildman–Crippen LogP) is 1.65. The fourth-order valence-corrected chi connectivity index (χ4v) is 1.45. The average molecular weight is 273 g/mol. The third kappa shape index (κ3) is 3.06. The van der Waals surface area contributed by atoms with Crippen LogP contribution in [-0.4, -0.2) is 24.0 Å². The highest BCUT2D eigenvalue weighted by Gasteiger charge is 2.15. The van der Waals surface area contributed by atoms with E-state index in [1.165, 1.54) is 7.11 Å². The van der Waals surface area contributed by atoms with Crippen LogP contribution in [0.1, 0.15) is 5.56 Å². The van der Waals surface area contributed by atoms with Gasteiger partial charge in [0.05, 0.1) is 7.11 Å². The molecule has 1 rings (SSSR count).